The number of hydrogen-bond donors (Lipinski definition) is 3. The van der Waals surface area contributed by atoms with Crippen LogP contribution in [-0.4, -0.2) is 37.7 Å². The fraction of sp³-hybridized carbons (Fsp3) is 0.600. The van der Waals surface area contributed by atoms with E-state index in [0.717, 1.165) is 56.5 Å². The van der Waals surface area contributed by atoms with Crippen molar-refractivity contribution in [3.8, 4) is 6.07 Å². The molecule has 1 amide bonds. The standard InChI is InChI=1S/C20H28N4O2/c21-12-16(24-20(25)17-3-1-2-4-18(17)22)11-14-5-7-15(8-6-14)19-13-23-9-10-26-19/h5-8,16-19,23H,1-4,9-11,13,22H2,(H,24,25)/t16-,17+,18-,19?/m0/s1. The molecule has 1 aliphatic carbocycles. The maximum absolute atomic E-state index is 12.5. The van der Waals surface area contributed by atoms with Gasteiger partial charge in [-0.2, -0.15) is 5.26 Å². The normalized spacial score (nSPS) is 27.3. The zero-order valence-corrected chi connectivity index (χ0v) is 15.1. The molecule has 1 aromatic carbocycles. The van der Waals surface area contributed by atoms with E-state index in [2.05, 4.69) is 16.7 Å². The van der Waals surface area contributed by atoms with Crippen LogP contribution in [0.3, 0.4) is 0 Å². The highest BCUT2D eigenvalue weighted by Crippen LogP contribution is 2.23. The highest BCUT2D eigenvalue weighted by atomic mass is 16.5. The minimum Gasteiger partial charge on any atom is -0.371 e. The first-order valence-corrected chi connectivity index (χ1v) is 9.54. The second-order valence-electron chi connectivity index (χ2n) is 7.25. The van der Waals surface area contributed by atoms with Gasteiger partial charge in [-0.25, -0.2) is 0 Å². The summed E-state index contributed by atoms with van der Waals surface area (Å²) in [7, 11) is 0. The fourth-order valence-electron chi connectivity index (χ4n) is 3.78. The van der Waals surface area contributed by atoms with Crippen LogP contribution in [0.1, 0.15) is 42.9 Å². The summed E-state index contributed by atoms with van der Waals surface area (Å²) in [6.07, 6.45) is 4.39. The van der Waals surface area contributed by atoms with E-state index < -0.39 is 6.04 Å². The Morgan fingerprint density at radius 3 is 2.77 bits per heavy atom. The Hall–Kier alpha value is -1.94. The Morgan fingerprint density at radius 1 is 1.35 bits per heavy atom. The Morgan fingerprint density at radius 2 is 2.12 bits per heavy atom. The molecule has 3 rings (SSSR count). The van der Waals surface area contributed by atoms with Gasteiger partial charge in [-0.3, -0.25) is 4.79 Å². The van der Waals surface area contributed by atoms with E-state index in [-0.39, 0.29) is 24.0 Å². The second kappa shape index (κ2) is 9.13. The number of nitriles is 1. The number of rotatable bonds is 5. The number of nitrogens with zero attached hydrogens (tertiary/aromatic N) is 1. The summed E-state index contributed by atoms with van der Waals surface area (Å²) in [4.78, 5) is 12.5. The molecule has 6 heteroatoms. The third-order valence-corrected chi connectivity index (χ3v) is 5.35. The van der Waals surface area contributed by atoms with Gasteiger partial charge in [0.15, 0.2) is 0 Å². The molecule has 1 aromatic rings. The van der Waals surface area contributed by atoms with Crippen molar-refractivity contribution >= 4 is 5.91 Å². The highest BCUT2D eigenvalue weighted by molar-refractivity contribution is 5.80. The number of morpholine rings is 1. The Labute approximate surface area is 155 Å². The van der Waals surface area contributed by atoms with E-state index in [9.17, 15) is 10.1 Å². The number of amides is 1. The third-order valence-electron chi connectivity index (χ3n) is 5.35. The van der Waals surface area contributed by atoms with Gasteiger partial charge in [-0.1, -0.05) is 37.1 Å². The average molecular weight is 356 g/mol. The van der Waals surface area contributed by atoms with E-state index in [0.29, 0.717) is 6.42 Å². The molecular weight excluding hydrogens is 328 g/mol. The Bertz CT molecular complexity index is 634. The first kappa shape index (κ1) is 18.8. The van der Waals surface area contributed by atoms with E-state index in [4.69, 9.17) is 10.5 Å². The molecule has 26 heavy (non-hydrogen) atoms. The van der Waals surface area contributed by atoms with Crippen molar-refractivity contribution < 1.29 is 9.53 Å². The van der Waals surface area contributed by atoms with Gasteiger partial charge in [-0.05, 0) is 24.0 Å². The fourth-order valence-corrected chi connectivity index (χ4v) is 3.78. The van der Waals surface area contributed by atoms with Crippen molar-refractivity contribution in [3.63, 3.8) is 0 Å². The monoisotopic (exact) mass is 356 g/mol. The van der Waals surface area contributed by atoms with Crippen LogP contribution < -0.4 is 16.4 Å². The molecule has 1 saturated carbocycles. The van der Waals surface area contributed by atoms with Gasteiger partial charge in [-0.15, -0.1) is 0 Å². The lowest BCUT2D eigenvalue weighted by Crippen LogP contribution is -2.47. The van der Waals surface area contributed by atoms with Crippen LogP contribution in [-0.2, 0) is 16.0 Å². The van der Waals surface area contributed by atoms with Crippen LogP contribution in [0.15, 0.2) is 24.3 Å². The predicted molar refractivity (Wildman–Crippen MR) is 99.2 cm³/mol. The molecule has 4 atom stereocenters. The molecule has 0 aromatic heterocycles. The lowest BCUT2D eigenvalue weighted by Gasteiger charge is -2.28. The minimum atomic E-state index is -0.532. The van der Waals surface area contributed by atoms with E-state index in [1.54, 1.807) is 0 Å². The van der Waals surface area contributed by atoms with Gasteiger partial charge in [0.05, 0.1) is 24.7 Å². The molecule has 1 heterocycles. The number of benzene rings is 1. The zero-order valence-electron chi connectivity index (χ0n) is 15.1. The first-order valence-electron chi connectivity index (χ1n) is 9.54. The number of carbonyl (C=O) groups excluding carboxylic acids is 1. The maximum Gasteiger partial charge on any atom is 0.225 e. The average Bonchev–Trinajstić information content (AvgIpc) is 2.69. The summed E-state index contributed by atoms with van der Waals surface area (Å²) in [5.41, 5.74) is 8.23. The van der Waals surface area contributed by atoms with Crippen molar-refractivity contribution in [1.29, 1.82) is 5.26 Å². The van der Waals surface area contributed by atoms with Gasteiger partial charge in [0.2, 0.25) is 5.91 Å². The summed E-state index contributed by atoms with van der Waals surface area (Å²) in [5.74, 6) is -0.250. The zero-order chi connectivity index (χ0) is 18.4. The molecule has 2 aliphatic rings. The number of nitrogens with one attached hydrogen (secondary N) is 2. The van der Waals surface area contributed by atoms with Crippen LogP contribution in [0.25, 0.3) is 0 Å². The van der Waals surface area contributed by atoms with Crippen molar-refractivity contribution in [1.82, 2.24) is 10.6 Å². The molecule has 6 nitrogen and oxygen atoms in total. The first-order chi connectivity index (χ1) is 12.7. The van der Waals surface area contributed by atoms with Gasteiger partial charge in [0.1, 0.15) is 6.04 Å². The number of carbonyl (C=O) groups is 1. The van der Waals surface area contributed by atoms with Crippen molar-refractivity contribution in [2.45, 2.75) is 50.3 Å². The Balaban J connectivity index is 1.55. The molecule has 140 valence electrons. The lowest BCUT2D eigenvalue weighted by molar-refractivity contribution is -0.126. The highest BCUT2D eigenvalue weighted by Gasteiger charge is 2.29. The van der Waals surface area contributed by atoms with E-state index >= 15 is 0 Å². The number of ether oxygens (including phenoxy) is 1. The van der Waals surface area contributed by atoms with Crippen LogP contribution >= 0.6 is 0 Å². The van der Waals surface area contributed by atoms with Gasteiger partial charge in [0.25, 0.3) is 0 Å². The molecule has 0 spiro atoms. The molecule has 1 saturated heterocycles. The molecule has 1 aliphatic heterocycles. The van der Waals surface area contributed by atoms with Crippen molar-refractivity contribution in [2.24, 2.45) is 11.7 Å². The van der Waals surface area contributed by atoms with Crippen LogP contribution in [0.5, 0.6) is 0 Å². The smallest absolute Gasteiger partial charge is 0.225 e. The third kappa shape index (κ3) is 4.82. The second-order valence-corrected chi connectivity index (χ2v) is 7.25. The van der Waals surface area contributed by atoms with Crippen molar-refractivity contribution in [3.05, 3.63) is 35.4 Å². The summed E-state index contributed by atoms with van der Waals surface area (Å²) in [6, 6.07) is 9.69. The van der Waals surface area contributed by atoms with Crippen LogP contribution in [0.4, 0.5) is 0 Å². The van der Waals surface area contributed by atoms with E-state index in [1.807, 2.05) is 24.3 Å². The summed E-state index contributed by atoms with van der Waals surface area (Å²) < 4.78 is 5.75. The van der Waals surface area contributed by atoms with Crippen LogP contribution in [0.2, 0.25) is 0 Å². The molecule has 0 bridgehead atoms. The summed E-state index contributed by atoms with van der Waals surface area (Å²) >= 11 is 0. The topological polar surface area (TPSA) is 100 Å². The molecule has 4 N–H and O–H groups in total. The van der Waals surface area contributed by atoms with Crippen molar-refractivity contribution in [2.75, 3.05) is 19.7 Å². The summed E-state index contributed by atoms with van der Waals surface area (Å²) in [5, 5.41) is 15.6. The number of nitrogens with two attached hydrogens (primary N) is 1. The van der Waals surface area contributed by atoms with Gasteiger partial charge >= 0.3 is 0 Å². The lowest BCUT2D eigenvalue weighted by atomic mass is 9.84. The number of hydrogen-bond acceptors (Lipinski definition) is 5. The SMILES string of the molecule is N#C[C@H](Cc1ccc(C2CNCCO2)cc1)NC(=O)[C@@H]1CCCC[C@@H]1N. The summed E-state index contributed by atoms with van der Waals surface area (Å²) in [6.45, 7) is 2.43. The van der Waals surface area contributed by atoms with Gasteiger partial charge in [0, 0.05) is 25.6 Å². The minimum absolute atomic E-state index is 0.0806. The van der Waals surface area contributed by atoms with Crippen LogP contribution in [0, 0.1) is 17.2 Å². The predicted octanol–water partition coefficient (Wildman–Crippen LogP) is 1.42. The molecule has 1 unspecified atom stereocenters. The Kier molecular flexibility index (Phi) is 6.62. The largest absolute Gasteiger partial charge is 0.371 e. The van der Waals surface area contributed by atoms with Gasteiger partial charge < -0.3 is 21.1 Å². The molecule has 2 fully saturated rings. The molecular formula is C20H28N4O2. The maximum atomic E-state index is 12.5. The van der Waals surface area contributed by atoms with E-state index in [1.165, 1.54) is 0 Å². The quantitative estimate of drug-likeness (QED) is 0.741. The molecule has 0 radical (unpaired) electrons.